The number of likely N-dealkylation sites (tertiary alicyclic amines) is 2. The molecule has 0 spiro atoms. The van der Waals surface area contributed by atoms with Gasteiger partial charge in [-0.3, -0.25) is 4.79 Å². The van der Waals surface area contributed by atoms with E-state index in [0.717, 1.165) is 24.2 Å². The van der Waals surface area contributed by atoms with Crippen molar-refractivity contribution < 1.29 is 24.2 Å². The molecule has 8 heteroatoms. The Morgan fingerprint density at radius 3 is 2.41 bits per heavy atom. The molecular formula is C26H33N3O5. The number of rotatable bonds is 8. The van der Waals surface area contributed by atoms with Crippen LogP contribution in [0.25, 0.3) is 0 Å². The smallest absolute Gasteiger partial charge is 0.318 e. The number of hydrogen-bond donors (Lipinski definition) is 2. The van der Waals surface area contributed by atoms with Crippen molar-refractivity contribution in [2.45, 2.75) is 50.4 Å². The minimum absolute atomic E-state index is 0.0849. The van der Waals surface area contributed by atoms with Gasteiger partial charge in [0.05, 0.1) is 13.2 Å². The van der Waals surface area contributed by atoms with Gasteiger partial charge in [0.25, 0.3) is 0 Å². The fourth-order valence-corrected chi connectivity index (χ4v) is 4.76. The van der Waals surface area contributed by atoms with E-state index in [0.29, 0.717) is 38.2 Å². The molecule has 2 saturated heterocycles. The fourth-order valence-electron chi connectivity index (χ4n) is 4.76. The van der Waals surface area contributed by atoms with Gasteiger partial charge in [-0.1, -0.05) is 30.3 Å². The summed E-state index contributed by atoms with van der Waals surface area (Å²) in [5.41, 5.74) is 1.01. The van der Waals surface area contributed by atoms with E-state index in [9.17, 15) is 14.7 Å². The van der Waals surface area contributed by atoms with Crippen LogP contribution < -0.4 is 14.8 Å². The maximum absolute atomic E-state index is 13.4. The molecule has 2 heterocycles. The van der Waals surface area contributed by atoms with Crippen LogP contribution in [0.3, 0.4) is 0 Å². The lowest BCUT2D eigenvalue weighted by Crippen LogP contribution is -2.54. The number of nitrogens with zero attached hydrogens (tertiary/aromatic N) is 2. The molecule has 2 N–H and O–H groups in total. The van der Waals surface area contributed by atoms with Crippen LogP contribution in [0.5, 0.6) is 11.5 Å². The standard InChI is InChI=1S/C26H33N3O5/c1-33-20-11-13-21(14-12-20)34-18-24(30)22-9-5-15-28(22)25(31)23-10-6-16-29(23)26(32)27-17-19-7-3-2-4-8-19/h2-4,7-8,11-14,22-24,30H,5-6,9-10,15-18H2,1H3,(H,27,32). The second kappa shape index (κ2) is 11.2. The van der Waals surface area contributed by atoms with Gasteiger partial charge < -0.3 is 29.7 Å². The maximum Gasteiger partial charge on any atom is 0.318 e. The summed E-state index contributed by atoms with van der Waals surface area (Å²) in [4.78, 5) is 29.7. The van der Waals surface area contributed by atoms with E-state index in [1.54, 1.807) is 41.2 Å². The molecule has 34 heavy (non-hydrogen) atoms. The van der Waals surface area contributed by atoms with Crippen LogP contribution in [0.2, 0.25) is 0 Å². The highest BCUT2D eigenvalue weighted by Crippen LogP contribution is 2.27. The summed E-state index contributed by atoms with van der Waals surface area (Å²) in [6, 6.07) is 15.8. The molecule has 0 aromatic heterocycles. The first-order valence-corrected chi connectivity index (χ1v) is 11.9. The summed E-state index contributed by atoms with van der Waals surface area (Å²) in [5, 5.41) is 13.8. The first-order chi connectivity index (χ1) is 16.6. The first kappa shape index (κ1) is 23.9. The van der Waals surface area contributed by atoms with Crippen LogP contribution in [-0.2, 0) is 11.3 Å². The Morgan fingerprint density at radius 2 is 1.68 bits per heavy atom. The number of hydrogen-bond acceptors (Lipinski definition) is 5. The van der Waals surface area contributed by atoms with Gasteiger partial charge in [0.1, 0.15) is 30.3 Å². The minimum atomic E-state index is -0.810. The number of carbonyl (C=O) groups excluding carboxylic acids is 2. The lowest BCUT2D eigenvalue weighted by atomic mass is 10.1. The third-order valence-corrected chi connectivity index (χ3v) is 6.59. The van der Waals surface area contributed by atoms with E-state index in [-0.39, 0.29) is 24.6 Å². The van der Waals surface area contributed by atoms with Gasteiger partial charge in [-0.25, -0.2) is 4.79 Å². The molecule has 0 aliphatic carbocycles. The molecule has 0 saturated carbocycles. The summed E-state index contributed by atoms with van der Waals surface area (Å²) < 4.78 is 10.9. The van der Waals surface area contributed by atoms with Crippen LogP contribution in [0.4, 0.5) is 4.79 Å². The third kappa shape index (κ3) is 5.62. The molecule has 3 atom stereocenters. The summed E-state index contributed by atoms with van der Waals surface area (Å²) in [6.07, 6.45) is 2.15. The van der Waals surface area contributed by atoms with E-state index in [2.05, 4.69) is 5.32 Å². The summed E-state index contributed by atoms with van der Waals surface area (Å²) >= 11 is 0. The Kier molecular flexibility index (Phi) is 7.90. The quantitative estimate of drug-likeness (QED) is 0.623. The van der Waals surface area contributed by atoms with Gasteiger partial charge in [-0.05, 0) is 55.5 Å². The minimum Gasteiger partial charge on any atom is -0.497 e. The van der Waals surface area contributed by atoms with Crippen LogP contribution in [-0.4, -0.2) is 71.8 Å². The van der Waals surface area contributed by atoms with Crippen molar-refractivity contribution in [2.24, 2.45) is 0 Å². The lowest BCUT2D eigenvalue weighted by Gasteiger charge is -2.33. The Bertz CT molecular complexity index is 953. The number of aliphatic hydroxyl groups excluding tert-OH is 1. The molecule has 182 valence electrons. The number of aliphatic hydroxyl groups is 1. The molecule has 2 aliphatic heterocycles. The van der Waals surface area contributed by atoms with Crippen molar-refractivity contribution in [3.8, 4) is 11.5 Å². The van der Waals surface area contributed by atoms with Crippen molar-refractivity contribution in [3.05, 3.63) is 60.2 Å². The molecule has 0 bridgehead atoms. The zero-order valence-corrected chi connectivity index (χ0v) is 19.6. The molecule has 3 amide bonds. The molecule has 2 aromatic rings. The number of amides is 3. The largest absolute Gasteiger partial charge is 0.497 e. The molecule has 8 nitrogen and oxygen atoms in total. The molecule has 4 rings (SSSR count). The topological polar surface area (TPSA) is 91.3 Å². The van der Waals surface area contributed by atoms with Gasteiger partial charge in [0, 0.05) is 19.6 Å². The Balaban J connectivity index is 1.33. The predicted octanol–water partition coefficient (Wildman–Crippen LogP) is 2.80. The van der Waals surface area contributed by atoms with Crippen molar-refractivity contribution in [1.82, 2.24) is 15.1 Å². The van der Waals surface area contributed by atoms with Crippen molar-refractivity contribution in [3.63, 3.8) is 0 Å². The lowest BCUT2D eigenvalue weighted by molar-refractivity contribution is -0.138. The zero-order chi connectivity index (χ0) is 23.9. The zero-order valence-electron chi connectivity index (χ0n) is 19.6. The van der Waals surface area contributed by atoms with Crippen LogP contribution >= 0.6 is 0 Å². The highest BCUT2D eigenvalue weighted by molar-refractivity contribution is 5.88. The van der Waals surface area contributed by atoms with E-state index in [4.69, 9.17) is 9.47 Å². The molecule has 2 aromatic carbocycles. The molecule has 2 fully saturated rings. The molecule has 2 aliphatic rings. The molecule has 0 radical (unpaired) electrons. The Labute approximate surface area is 200 Å². The third-order valence-electron chi connectivity index (χ3n) is 6.59. The fraction of sp³-hybridized carbons (Fsp3) is 0.462. The molecule has 3 unspecified atom stereocenters. The number of carbonyl (C=O) groups is 2. The van der Waals surface area contributed by atoms with E-state index < -0.39 is 12.1 Å². The van der Waals surface area contributed by atoms with Crippen molar-refractivity contribution in [2.75, 3.05) is 26.8 Å². The highest BCUT2D eigenvalue weighted by Gasteiger charge is 2.42. The van der Waals surface area contributed by atoms with Gasteiger partial charge >= 0.3 is 6.03 Å². The van der Waals surface area contributed by atoms with E-state index in [1.807, 2.05) is 30.3 Å². The normalized spacial score (nSPS) is 20.8. The second-order valence-corrected chi connectivity index (χ2v) is 8.79. The predicted molar refractivity (Wildman–Crippen MR) is 128 cm³/mol. The van der Waals surface area contributed by atoms with Crippen LogP contribution in [0, 0.1) is 0 Å². The average Bonchev–Trinajstić information content (AvgIpc) is 3.57. The Morgan fingerprint density at radius 1 is 1.00 bits per heavy atom. The van der Waals surface area contributed by atoms with Gasteiger partial charge in [-0.2, -0.15) is 0 Å². The second-order valence-electron chi connectivity index (χ2n) is 8.79. The number of urea groups is 1. The number of benzene rings is 2. The number of nitrogens with one attached hydrogen (secondary N) is 1. The highest BCUT2D eigenvalue weighted by atomic mass is 16.5. The Hall–Kier alpha value is -3.26. The van der Waals surface area contributed by atoms with Crippen molar-refractivity contribution in [1.29, 1.82) is 0 Å². The van der Waals surface area contributed by atoms with Crippen molar-refractivity contribution >= 4 is 11.9 Å². The van der Waals surface area contributed by atoms with E-state index in [1.165, 1.54) is 0 Å². The van der Waals surface area contributed by atoms with E-state index >= 15 is 0 Å². The van der Waals surface area contributed by atoms with Gasteiger partial charge in [-0.15, -0.1) is 0 Å². The molecular weight excluding hydrogens is 434 g/mol. The summed E-state index contributed by atoms with van der Waals surface area (Å²) in [6.45, 7) is 1.65. The first-order valence-electron chi connectivity index (χ1n) is 11.9. The van der Waals surface area contributed by atoms with Crippen LogP contribution in [0.15, 0.2) is 54.6 Å². The summed E-state index contributed by atoms with van der Waals surface area (Å²) in [7, 11) is 1.60. The maximum atomic E-state index is 13.4. The SMILES string of the molecule is COc1ccc(OCC(O)C2CCCN2C(=O)C2CCCN2C(=O)NCc2ccccc2)cc1. The van der Waals surface area contributed by atoms with Gasteiger partial charge in [0.15, 0.2) is 0 Å². The number of ether oxygens (including phenoxy) is 2. The summed E-state index contributed by atoms with van der Waals surface area (Å²) in [5.74, 6) is 1.28. The monoisotopic (exact) mass is 467 g/mol. The van der Waals surface area contributed by atoms with Gasteiger partial charge in [0.2, 0.25) is 5.91 Å². The van der Waals surface area contributed by atoms with Crippen LogP contribution in [0.1, 0.15) is 31.2 Å². The number of methoxy groups -OCH3 is 1. The average molecular weight is 468 g/mol.